The van der Waals surface area contributed by atoms with Crippen LogP contribution in [0, 0.1) is 23.3 Å². The molecule has 2 unspecified atom stereocenters. The molecule has 0 aromatic heterocycles. The number of halogens is 6. The van der Waals surface area contributed by atoms with E-state index in [1.807, 2.05) is 0 Å². The Kier molecular flexibility index (Phi) is 48.5. The van der Waals surface area contributed by atoms with Crippen LogP contribution in [0.2, 0.25) is 72.5 Å². The van der Waals surface area contributed by atoms with Crippen molar-refractivity contribution >= 4 is 120 Å². The summed E-state index contributed by atoms with van der Waals surface area (Å²) in [6, 6.07) is 23.2. The van der Waals surface area contributed by atoms with E-state index < -0.39 is 105 Å². The van der Waals surface area contributed by atoms with Crippen molar-refractivity contribution in [3.8, 4) is 34.5 Å². The predicted octanol–water partition coefficient (Wildman–Crippen LogP) is 20.6. The number of anilines is 2. The van der Waals surface area contributed by atoms with Gasteiger partial charge in [-0.25, -0.2) is 39.2 Å². The van der Waals surface area contributed by atoms with Gasteiger partial charge in [0.05, 0.1) is 83.1 Å². The van der Waals surface area contributed by atoms with Crippen LogP contribution in [0.5, 0.6) is 34.5 Å². The monoisotopic (exact) mass is 1980 g/mol. The van der Waals surface area contributed by atoms with Gasteiger partial charge in [-0.05, 0) is 155 Å². The number of esters is 4. The molecule has 0 spiro atoms. The minimum Gasteiger partial charge on any atom is -0.508 e. The highest BCUT2D eigenvalue weighted by molar-refractivity contribution is 9.09. The summed E-state index contributed by atoms with van der Waals surface area (Å²) >= 11 is 6.66. The van der Waals surface area contributed by atoms with Gasteiger partial charge in [-0.3, -0.25) is 14.4 Å². The number of nitrogens with two attached hydrogens (primary N) is 1. The first-order chi connectivity index (χ1) is 57.0. The summed E-state index contributed by atoms with van der Waals surface area (Å²) in [5.41, 5.74) is 8.01. The first kappa shape index (κ1) is 115. The molecule has 2 atom stereocenters. The van der Waals surface area contributed by atoms with Crippen molar-refractivity contribution in [3.05, 3.63) is 155 Å². The van der Waals surface area contributed by atoms with Crippen LogP contribution in [0.15, 0.2) is 119 Å². The molecular weight excluding hydrogens is 1850 g/mol. The van der Waals surface area contributed by atoms with Crippen molar-refractivity contribution in [3.63, 3.8) is 0 Å². The number of methoxy groups -OCH3 is 2. The molecule has 0 aliphatic carbocycles. The molecule has 124 heavy (non-hydrogen) atoms. The molecule has 36 heteroatoms. The summed E-state index contributed by atoms with van der Waals surface area (Å²) in [7, 11) is -11.1. The number of rotatable bonds is 36. The molecular formula is C88H136Br2F4N2O22S2Si4. The summed E-state index contributed by atoms with van der Waals surface area (Å²) in [4.78, 5) is 47.0. The first-order valence-electron chi connectivity index (χ1n) is 40.5. The highest BCUT2D eigenvalue weighted by atomic mass is 79.9. The molecule has 0 heterocycles. The van der Waals surface area contributed by atoms with E-state index in [1.54, 1.807) is 45.9 Å². The topological polar surface area (TPSA) is 315 Å². The van der Waals surface area contributed by atoms with Gasteiger partial charge in [-0.2, -0.15) is 0 Å². The van der Waals surface area contributed by atoms with Crippen molar-refractivity contribution in [2.45, 2.75) is 217 Å². The van der Waals surface area contributed by atoms with E-state index in [9.17, 15) is 58.7 Å². The lowest BCUT2D eigenvalue weighted by Crippen LogP contribution is -2.41. The minimum atomic E-state index is -3.56. The number of phenols is 1. The van der Waals surface area contributed by atoms with Crippen LogP contribution in [0.1, 0.15) is 144 Å². The molecule has 0 fully saturated rings. The van der Waals surface area contributed by atoms with Gasteiger partial charge >= 0.3 is 23.9 Å². The quantitative estimate of drug-likeness (QED) is 0.00626. The van der Waals surface area contributed by atoms with Crippen LogP contribution in [-0.4, -0.2) is 184 Å². The summed E-state index contributed by atoms with van der Waals surface area (Å²) in [5, 5.41) is 13.8. The SMILES string of the molecule is CC(C)(C)[Si](C)(C)OCCBr.CCOC(=O)C(Br)c1ccc(F)cc1OCCO[Si](C)(C)C(C)(C)C.CCOC(=O)C(Nc1cc(OC)cc(S(C)(=O)=O)c1)c1ccc(F)cc1OCCO[Si](C)(C)C(C)(C)C.CCOC(=O)Cc1ccc(F)cc1O.CCOC(=O)Cc1ccc(F)cc1OCCO[Si](C)(C)C(C)(C)C.COc1cc(N)cc(S(C)(=O)=O)c1. The Balaban J connectivity index is 0.000000783. The number of nitrogen functional groups attached to an aromatic ring is 1. The largest absolute Gasteiger partial charge is 0.508 e. The Hall–Kier alpha value is -7.11. The Morgan fingerprint density at radius 3 is 1.17 bits per heavy atom. The maximum Gasteiger partial charge on any atom is 0.333 e. The third kappa shape index (κ3) is 41.3. The summed E-state index contributed by atoms with van der Waals surface area (Å²) in [6.07, 6.45) is 2.22. The summed E-state index contributed by atoms with van der Waals surface area (Å²) in [5.74, 6) is -2.42. The van der Waals surface area contributed by atoms with Crippen molar-refractivity contribution in [2.75, 3.05) is 116 Å². The Labute approximate surface area is 755 Å². The molecule has 700 valence electrons. The fourth-order valence-electron chi connectivity index (χ4n) is 9.36. The highest BCUT2D eigenvalue weighted by Gasteiger charge is 2.40. The number of benzene rings is 6. The van der Waals surface area contributed by atoms with Crippen LogP contribution in [0.25, 0.3) is 0 Å². The maximum absolute atomic E-state index is 14.2. The normalized spacial score (nSPS) is 12.5. The number of phenolic OH excluding ortho intramolecular Hbond substituents is 1. The third-order valence-corrected chi connectivity index (χ3v) is 42.0. The van der Waals surface area contributed by atoms with E-state index in [-0.39, 0.29) is 87.4 Å². The molecule has 0 saturated heterocycles. The minimum absolute atomic E-state index is 0.00955. The zero-order valence-corrected chi connectivity index (χ0v) is 86.4. The second-order valence-electron chi connectivity index (χ2n) is 34.3. The number of nitrogens with one attached hydrogen (secondary N) is 1. The van der Waals surface area contributed by atoms with Crippen molar-refractivity contribution < 1.29 is 119 Å². The zero-order chi connectivity index (χ0) is 95.4. The van der Waals surface area contributed by atoms with Gasteiger partial charge in [-0.1, -0.05) is 133 Å². The molecule has 0 aliphatic heterocycles. The standard InChI is InChI=1S/C26H38FNO7SSi.C18H28BrFO4Si.C18H29FO4Si.C10H11FO3.C8H19BrOSi.C8H11NO3S/c1-9-33-25(29)24(28-19-15-20(32-5)17-21(16-19)36(6,30)31)22-11-10-18(27)14-23(22)34-12-13-35-37(7,8)26(2,3)4;1-7-22-17(21)16(19)14-9-8-13(20)12-15(14)23-10-11-24-25(5,6)18(2,3)4;1-7-21-17(20)12-14-8-9-15(19)13-16(14)22-10-11-23-24(5,6)18(2,3)4;1-2-14-10(13)5-7-3-4-8(11)6-9(7)12;1-8(2,3)11(4,5)10-7-6-9;1-12-7-3-6(9)4-8(5-7)13(2,10)11/h10-11,14-17,24,28H,9,12-13H2,1-8H3;8-9,12,16H,7,10-11H2,1-6H3;8-9,13H,7,10-12H2,1-6H3;3-4,6,12H,2,5H2,1H3;6-7H2,1-5H3;3-5H,9H2,1-2H3. The molecule has 4 N–H and O–H groups in total. The number of carbonyl (C=O) groups excluding carboxylic acids is 4. The maximum atomic E-state index is 14.2. The Morgan fingerprint density at radius 1 is 0.444 bits per heavy atom. The second kappa shape index (κ2) is 52.4. The average molecular weight is 1990 g/mol. The number of sulfone groups is 2. The van der Waals surface area contributed by atoms with Crippen LogP contribution in [-0.2, 0) is 88.3 Å². The van der Waals surface area contributed by atoms with E-state index in [0.717, 1.165) is 30.5 Å². The van der Waals surface area contributed by atoms with Crippen LogP contribution >= 0.6 is 31.9 Å². The van der Waals surface area contributed by atoms with Crippen LogP contribution in [0.4, 0.5) is 28.9 Å². The van der Waals surface area contributed by atoms with Crippen molar-refractivity contribution in [1.82, 2.24) is 0 Å². The molecule has 6 aromatic carbocycles. The molecule has 0 saturated carbocycles. The Bertz CT molecular complexity index is 4580. The zero-order valence-electron chi connectivity index (χ0n) is 77.6. The first-order valence-corrected chi connectivity index (χ1v) is 57.9. The van der Waals surface area contributed by atoms with Gasteiger partial charge in [0.2, 0.25) is 0 Å². The number of alkyl halides is 2. The predicted molar refractivity (Wildman–Crippen MR) is 499 cm³/mol. The lowest BCUT2D eigenvalue weighted by molar-refractivity contribution is -0.144. The summed E-state index contributed by atoms with van der Waals surface area (Å²) in [6.45, 7) is 54.2. The van der Waals surface area contributed by atoms with E-state index in [1.165, 1.54) is 99.1 Å². The lowest BCUT2D eigenvalue weighted by atomic mass is 10.0. The smallest absolute Gasteiger partial charge is 0.333 e. The second-order valence-corrected chi connectivity index (χ2v) is 59.3. The van der Waals surface area contributed by atoms with Crippen LogP contribution < -0.4 is 34.7 Å². The number of ether oxygens (including phenoxy) is 9. The number of hydrogen-bond acceptors (Lipinski definition) is 24. The van der Waals surface area contributed by atoms with Crippen LogP contribution in [0.3, 0.4) is 0 Å². The molecule has 0 bridgehead atoms. The fourth-order valence-corrected chi connectivity index (χ4v) is 15.8. The third-order valence-electron chi connectivity index (χ3n) is 20.5. The average Bonchev–Trinajstić information content (AvgIpc) is 0.800. The van der Waals surface area contributed by atoms with Gasteiger partial charge in [-0.15, -0.1) is 0 Å². The molecule has 0 aliphatic rings. The van der Waals surface area contributed by atoms with Crippen molar-refractivity contribution in [2.24, 2.45) is 0 Å². The van der Waals surface area contributed by atoms with E-state index in [4.69, 9.17) is 61.3 Å². The number of hydrogen-bond donors (Lipinski definition) is 3. The molecule has 6 aromatic rings. The molecule has 0 amide bonds. The molecule has 6 rings (SSSR count). The number of aromatic hydroxyl groups is 1. The van der Waals surface area contributed by atoms with Gasteiger partial charge in [0.15, 0.2) is 59.0 Å². The summed E-state index contributed by atoms with van der Waals surface area (Å²) < 4.78 is 172. The number of carbonyl (C=O) groups is 4. The fraction of sp³-hybridized carbons (Fsp3) is 0.545. The van der Waals surface area contributed by atoms with Gasteiger partial charge in [0.1, 0.15) is 82.4 Å². The van der Waals surface area contributed by atoms with E-state index in [0.29, 0.717) is 95.6 Å². The van der Waals surface area contributed by atoms with Crippen molar-refractivity contribution in [1.29, 1.82) is 0 Å². The van der Waals surface area contributed by atoms with E-state index in [2.05, 4.69) is 177 Å². The highest BCUT2D eigenvalue weighted by Crippen LogP contribution is 2.41. The van der Waals surface area contributed by atoms with Gasteiger partial charge in [0, 0.05) is 94.5 Å². The van der Waals surface area contributed by atoms with Gasteiger partial charge in [0.25, 0.3) is 0 Å². The Morgan fingerprint density at radius 2 is 0.782 bits per heavy atom. The van der Waals surface area contributed by atoms with Gasteiger partial charge < -0.3 is 76.5 Å². The molecule has 24 nitrogen and oxygen atoms in total. The molecule has 0 radical (unpaired) electrons. The lowest BCUT2D eigenvalue weighted by Gasteiger charge is -2.36. The van der Waals surface area contributed by atoms with E-state index >= 15 is 0 Å².